The van der Waals surface area contributed by atoms with Crippen molar-refractivity contribution in [2.24, 2.45) is 0 Å². The van der Waals surface area contributed by atoms with Gasteiger partial charge in [0.05, 0.1) is 27.2 Å². The zero-order chi connectivity index (χ0) is 26.4. The van der Waals surface area contributed by atoms with Crippen LogP contribution in [0, 0.1) is 11.3 Å². The first-order valence-corrected chi connectivity index (χ1v) is 12.9. The van der Waals surface area contributed by atoms with Gasteiger partial charge in [-0.15, -0.1) is 0 Å². The van der Waals surface area contributed by atoms with Gasteiger partial charge < -0.3 is 10.4 Å². The van der Waals surface area contributed by atoms with E-state index in [4.69, 9.17) is 28.5 Å². The highest BCUT2D eigenvalue weighted by Crippen LogP contribution is 2.29. The van der Waals surface area contributed by atoms with E-state index in [1.54, 1.807) is 6.07 Å². The van der Waals surface area contributed by atoms with Gasteiger partial charge in [0.1, 0.15) is 6.04 Å². The first-order chi connectivity index (χ1) is 17.8. The number of aliphatic carboxylic acids is 1. The van der Waals surface area contributed by atoms with E-state index in [0.29, 0.717) is 11.5 Å². The molecule has 6 nitrogen and oxygen atoms in total. The van der Waals surface area contributed by atoms with E-state index in [1.165, 1.54) is 17.7 Å². The van der Waals surface area contributed by atoms with E-state index in [9.17, 15) is 14.7 Å². The first kappa shape index (κ1) is 26.7. The number of piperidine rings is 1. The van der Waals surface area contributed by atoms with E-state index in [2.05, 4.69) is 34.5 Å². The van der Waals surface area contributed by atoms with Gasteiger partial charge in [-0.2, -0.15) is 5.26 Å². The van der Waals surface area contributed by atoms with Gasteiger partial charge in [-0.25, -0.2) is 4.79 Å². The molecule has 0 saturated carbocycles. The Morgan fingerprint density at radius 2 is 1.65 bits per heavy atom. The summed E-state index contributed by atoms with van der Waals surface area (Å²) in [5, 5.41) is 21.7. The number of carbonyl (C=O) groups is 2. The molecule has 1 saturated heterocycles. The van der Waals surface area contributed by atoms with Gasteiger partial charge in [0.15, 0.2) is 0 Å². The summed E-state index contributed by atoms with van der Waals surface area (Å²) in [5.74, 6) is -1.31. The Bertz CT molecular complexity index is 1290. The Hall–Kier alpha value is -3.37. The Morgan fingerprint density at radius 3 is 2.27 bits per heavy atom. The monoisotopic (exact) mass is 535 g/mol. The number of carboxylic acids is 1. The molecule has 4 rings (SSSR count). The molecule has 2 N–H and O–H groups in total. The average Bonchev–Trinajstić information content (AvgIpc) is 2.89. The molecule has 1 fully saturated rings. The highest BCUT2D eigenvalue weighted by molar-refractivity contribution is 6.39. The number of benzene rings is 3. The van der Waals surface area contributed by atoms with Gasteiger partial charge in [-0.1, -0.05) is 65.7 Å². The highest BCUT2D eigenvalue weighted by Gasteiger charge is 2.25. The third-order valence-corrected chi connectivity index (χ3v) is 7.36. The molecule has 1 amide bonds. The lowest BCUT2D eigenvalue weighted by molar-refractivity contribution is -0.139. The third-order valence-electron chi connectivity index (χ3n) is 6.73. The standard InChI is InChI=1S/C29H27Cl2N3O3/c30-24-5-2-6-25(31)27(24)28(35)33-26(29(36)37)16-19-7-9-22(10-8-19)23-11-13-34(14-12-23)18-21-4-1-3-20(15-21)17-32/h1-10,15,23,26H,11-14,16,18H2,(H,33,35)(H,36,37)/t26-/m0/s1. The summed E-state index contributed by atoms with van der Waals surface area (Å²) in [6, 6.07) is 21.5. The summed E-state index contributed by atoms with van der Waals surface area (Å²) in [4.78, 5) is 26.9. The van der Waals surface area contributed by atoms with Crippen molar-refractivity contribution in [1.29, 1.82) is 5.26 Å². The molecule has 1 aliphatic rings. The second kappa shape index (κ2) is 12.2. The first-order valence-electron chi connectivity index (χ1n) is 12.1. The normalized spacial score (nSPS) is 15.1. The Kier molecular flexibility index (Phi) is 8.83. The lowest BCUT2D eigenvalue weighted by Gasteiger charge is -2.32. The van der Waals surface area contributed by atoms with Crippen molar-refractivity contribution in [3.05, 3.63) is 105 Å². The van der Waals surface area contributed by atoms with Gasteiger partial charge >= 0.3 is 5.97 Å². The number of carbonyl (C=O) groups excluding carboxylic acids is 1. The molecule has 3 aromatic rings. The second-order valence-electron chi connectivity index (χ2n) is 9.27. The quantitative estimate of drug-likeness (QED) is 0.387. The van der Waals surface area contributed by atoms with Gasteiger partial charge in [0.25, 0.3) is 5.91 Å². The van der Waals surface area contributed by atoms with Crippen LogP contribution in [0.4, 0.5) is 0 Å². The van der Waals surface area contributed by atoms with Crippen molar-refractivity contribution in [2.45, 2.75) is 37.8 Å². The molecule has 0 radical (unpaired) electrons. The van der Waals surface area contributed by atoms with E-state index in [0.717, 1.165) is 43.6 Å². The number of carboxylic acid groups (broad SMARTS) is 1. The molecule has 3 aromatic carbocycles. The van der Waals surface area contributed by atoms with Crippen LogP contribution in [0.5, 0.6) is 0 Å². The largest absolute Gasteiger partial charge is 0.480 e. The summed E-state index contributed by atoms with van der Waals surface area (Å²) < 4.78 is 0. The number of hydrogen-bond acceptors (Lipinski definition) is 4. The number of nitrogens with zero attached hydrogens (tertiary/aromatic N) is 2. The predicted octanol–water partition coefficient (Wildman–Crippen LogP) is 5.67. The minimum absolute atomic E-state index is 0.0662. The SMILES string of the molecule is N#Cc1cccc(CN2CCC(c3ccc(C[C@H](NC(=O)c4c(Cl)cccc4Cl)C(=O)O)cc3)CC2)c1. The Labute approximate surface area is 226 Å². The van der Waals surface area contributed by atoms with E-state index >= 15 is 0 Å². The van der Waals surface area contributed by atoms with Crippen LogP contribution in [0.3, 0.4) is 0 Å². The van der Waals surface area contributed by atoms with Gasteiger partial charge in [-0.3, -0.25) is 9.69 Å². The molecule has 0 aliphatic carbocycles. The molecule has 1 heterocycles. The number of rotatable bonds is 8. The molecule has 37 heavy (non-hydrogen) atoms. The van der Waals surface area contributed by atoms with Crippen molar-refractivity contribution in [1.82, 2.24) is 10.2 Å². The molecule has 0 aromatic heterocycles. The van der Waals surface area contributed by atoms with E-state index in [1.807, 2.05) is 30.3 Å². The molecule has 0 spiro atoms. The summed E-state index contributed by atoms with van der Waals surface area (Å²) in [6.07, 6.45) is 2.21. The fourth-order valence-corrected chi connectivity index (χ4v) is 5.30. The number of likely N-dealkylation sites (tertiary alicyclic amines) is 1. The average molecular weight is 536 g/mol. The smallest absolute Gasteiger partial charge is 0.326 e. The molecule has 190 valence electrons. The van der Waals surface area contributed by atoms with Crippen LogP contribution in [0.15, 0.2) is 66.7 Å². The zero-order valence-electron chi connectivity index (χ0n) is 20.2. The maximum atomic E-state index is 12.7. The van der Waals surface area contributed by atoms with Crippen LogP contribution < -0.4 is 5.32 Å². The van der Waals surface area contributed by atoms with Crippen molar-refractivity contribution < 1.29 is 14.7 Å². The lowest BCUT2D eigenvalue weighted by Crippen LogP contribution is -2.42. The van der Waals surface area contributed by atoms with Crippen molar-refractivity contribution in [2.75, 3.05) is 13.1 Å². The summed E-state index contributed by atoms with van der Waals surface area (Å²) in [7, 11) is 0. The Balaban J connectivity index is 1.33. The molecule has 1 atom stereocenters. The maximum absolute atomic E-state index is 12.7. The Morgan fingerprint density at radius 1 is 1.00 bits per heavy atom. The van der Waals surface area contributed by atoms with Crippen molar-refractivity contribution in [3.63, 3.8) is 0 Å². The second-order valence-corrected chi connectivity index (χ2v) is 10.1. The summed E-state index contributed by atoms with van der Waals surface area (Å²) in [5.41, 5.74) is 3.95. The van der Waals surface area contributed by atoms with Gasteiger partial charge in [0.2, 0.25) is 0 Å². The molecular formula is C29H27Cl2N3O3. The summed E-state index contributed by atoms with van der Waals surface area (Å²) >= 11 is 12.2. The zero-order valence-corrected chi connectivity index (χ0v) is 21.7. The number of halogens is 2. The fourth-order valence-electron chi connectivity index (χ4n) is 4.73. The molecule has 0 bridgehead atoms. The fraction of sp³-hybridized carbons (Fsp3) is 0.276. The highest BCUT2D eigenvalue weighted by atomic mass is 35.5. The molecule has 0 unspecified atom stereocenters. The number of hydrogen-bond donors (Lipinski definition) is 2. The van der Waals surface area contributed by atoms with Crippen LogP contribution in [-0.4, -0.2) is 41.0 Å². The lowest BCUT2D eigenvalue weighted by atomic mass is 9.88. The summed E-state index contributed by atoms with van der Waals surface area (Å²) in [6.45, 7) is 2.78. The number of amides is 1. The third kappa shape index (κ3) is 6.90. The topological polar surface area (TPSA) is 93.4 Å². The van der Waals surface area contributed by atoms with E-state index < -0.39 is 17.9 Å². The van der Waals surface area contributed by atoms with Gasteiger partial charge in [-0.05, 0) is 72.8 Å². The maximum Gasteiger partial charge on any atom is 0.326 e. The molecule has 8 heteroatoms. The number of nitriles is 1. The minimum atomic E-state index is -1.13. The predicted molar refractivity (Wildman–Crippen MR) is 144 cm³/mol. The van der Waals surface area contributed by atoms with Crippen LogP contribution in [0.25, 0.3) is 0 Å². The minimum Gasteiger partial charge on any atom is -0.480 e. The van der Waals surface area contributed by atoms with Crippen LogP contribution in [0.2, 0.25) is 10.0 Å². The number of nitrogens with one attached hydrogen (secondary N) is 1. The van der Waals surface area contributed by atoms with Gasteiger partial charge in [0, 0.05) is 13.0 Å². The van der Waals surface area contributed by atoms with Crippen LogP contribution >= 0.6 is 23.2 Å². The van der Waals surface area contributed by atoms with Crippen molar-refractivity contribution >= 4 is 35.1 Å². The molecule has 1 aliphatic heterocycles. The van der Waals surface area contributed by atoms with Crippen LogP contribution in [0.1, 0.15) is 51.4 Å². The van der Waals surface area contributed by atoms with Crippen molar-refractivity contribution in [3.8, 4) is 6.07 Å². The van der Waals surface area contributed by atoms with E-state index in [-0.39, 0.29) is 22.0 Å². The molecular weight excluding hydrogens is 509 g/mol. The van der Waals surface area contributed by atoms with Crippen LogP contribution in [-0.2, 0) is 17.8 Å².